The zero-order valence-electron chi connectivity index (χ0n) is 11.8. The van der Waals surface area contributed by atoms with Gasteiger partial charge >= 0.3 is 0 Å². The van der Waals surface area contributed by atoms with Gasteiger partial charge < -0.3 is 5.32 Å². The standard InChI is InChI=1S/C14H25N3S/c1-4-7-17(13-5-6-15-8-13)9-12-10-18-14(16-12)11(2)3/h10-11,13,15H,4-9H2,1-3H3. The van der Waals surface area contributed by atoms with Gasteiger partial charge in [-0.1, -0.05) is 20.8 Å². The van der Waals surface area contributed by atoms with E-state index in [9.17, 15) is 0 Å². The van der Waals surface area contributed by atoms with Crippen LogP contribution in [0.3, 0.4) is 0 Å². The summed E-state index contributed by atoms with van der Waals surface area (Å²) >= 11 is 1.81. The quantitative estimate of drug-likeness (QED) is 0.859. The van der Waals surface area contributed by atoms with Crippen LogP contribution in [0.2, 0.25) is 0 Å². The highest BCUT2D eigenvalue weighted by molar-refractivity contribution is 7.09. The first-order valence-corrected chi connectivity index (χ1v) is 7.97. The first kappa shape index (κ1) is 14.0. The predicted octanol–water partition coefficient (Wildman–Crippen LogP) is 2.84. The molecule has 18 heavy (non-hydrogen) atoms. The van der Waals surface area contributed by atoms with Crippen molar-refractivity contribution in [3.63, 3.8) is 0 Å². The van der Waals surface area contributed by atoms with E-state index >= 15 is 0 Å². The maximum Gasteiger partial charge on any atom is 0.0954 e. The minimum absolute atomic E-state index is 0.552. The average molecular weight is 267 g/mol. The Morgan fingerprint density at radius 3 is 2.94 bits per heavy atom. The molecule has 0 spiro atoms. The van der Waals surface area contributed by atoms with Gasteiger partial charge in [0, 0.05) is 30.4 Å². The van der Waals surface area contributed by atoms with Crippen molar-refractivity contribution in [3.8, 4) is 0 Å². The highest BCUT2D eigenvalue weighted by Gasteiger charge is 2.22. The molecular formula is C14H25N3S. The minimum atomic E-state index is 0.552. The Balaban J connectivity index is 1.98. The zero-order chi connectivity index (χ0) is 13.0. The lowest BCUT2D eigenvalue weighted by molar-refractivity contribution is 0.197. The van der Waals surface area contributed by atoms with Crippen LogP contribution in [0.5, 0.6) is 0 Å². The SMILES string of the molecule is CCCN(Cc1csc(C(C)C)n1)C1CCNC1. The van der Waals surface area contributed by atoms with Crippen LogP contribution in [0.1, 0.15) is 50.2 Å². The van der Waals surface area contributed by atoms with E-state index in [0.29, 0.717) is 12.0 Å². The summed E-state index contributed by atoms with van der Waals surface area (Å²) in [6, 6.07) is 0.703. The van der Waals surface area contributed by atoms with Crippen LogP contribution in [-0.4, -0.2) is 35.6 Å². The Bertz CT molecular complexity index is 356. The fourth-order valence-electron chi connectivity index (χ4n) is 2.50. The van der Waals surface area contributed by atoms with Crippen LogP contribution in [-0.2, 0) is 6.54 Å². The van der Waals surface area contributed by atoms with Crippen molar-refractivity contribution in [1.29, 1.82) is 0 Å². The Morgan fingerprint density at radius 1 is 1.56 bits per heavy atom. The summed E-state index contributed by atoms with van der Waals surface area (Å²) in [5.74, 6) is 0.552. The van der Waals surface area contributed by atoms with Gasteiger partial charge in [0.25, 0.3) is 0 Å². The van der Waals surface area contributed by atoms with E-state index in [4.69, 9.17) is 4.98 Å². The number of aromatic nitrogens is 1. The summed E-state index contributed by atoms with van der Waals surface area (Å²) in [4.78, 5) is 7.36. The second-order valence-electron chi connectivity index (χ2n) is 5.45. The molecule has 1 aliphatic rings. The largest absolute Gasteiger partial charge is 0.315 e. The number of nitrogens with one attached hydrogen (secondary N) is 1. The summed E-state index contributed by atoms with van der Waals surface area (Å²) in [7, 11) is 0. The van der Waals surface area contributed by atoms with Gasteiger partial charge in [-0.15, -0.1) is 11.3 Å². The molecule has 2 rings (SSSR count). The molecule has 3 nitrogen and oxygen atoms in total. The number of hydrogen-bond acceptors (Lipinski definition) is 4. The lowest BCUT2D eigenvalue weighted by Crippen LogP contribution is -2.37. The van der Waals surface area contributed by atoms with Crippen molar-refractivity contribution in [3.05, 3.63) is 16.1 Å². The van der Waals surface area contributed by atoms with E-state index in [1.54, 1.807) is 11.3 Å². The highest BCUT2D eigenvalue weighted by atomic mass is 32.1. The number of hydrogen-bond donors (Lipinski definition) is 1. The third-order valence-electron chi connectivity index (χ3n) is 3.49. The van der Waals surface area contributed by atoms with Crippen molar-refractivity contribution < 1.29 is 0 Å². The van der Waals surface area contributed by atoms with Crippen molar-refractivity contribution in [2.45, 2.75) is 52.1 Å². The third-order valence-corrected chi connectivity index (χ3v) is 4.68. The van der Waals surface area contributed by atoms with Crippen LogP contribution in [0.25, 0.3) is 0 Å². The van der Waals surface area contributed by atoms with Crippen molar-refractivity contribution in [2.24, 2.45) is 0 Å². The monoisotopic (exact) mass is 267 g/mol. The van der Waals surface area contributed by atoms with E-state index in [0.717, 1.165) is 13.1 Å². The molecule has 0 saturated carbocycles. The van der Waals surface area contributed by atoms with E-state index in [2.05, 4.69) is 36.4 Å². The molecule has 4 heteroatoms. The Morgan fingerprint density at radius 2 is 2.39 bits per heavy atom. The Hall–Kier alpha value is -0.450. The lowest BCUT2D eigenvalue weighted by Gasteiger charge is -2.27. The van der Waals surface area contributed by atoms with Crippen LogP contribution >= 0.6 is 11.3 Å². The van der Waals surface area contributed by atoms with Gasteiger partial charge in [-0.3, -0.25) is 4.90 Å². The second-order valence-corrected chi connectivity index (χ2v) is 6.34. The third kappa shape index (κ3) is 3.53. The normalized spacial score (nSPS) is 20.2. The average Bonchev–Trinajstić information content (AvgIpc) is 2.99. The molecule has 1 atom stereocenters. The van der Waals surface area contributed by atoms with Crippen molar-refractivity contribution in [1.82, 2.24) is 15.2 Å². The van der Waals surface area contributed by atoms with Crippen LogP contribution in [0, 0.1) is 0 Å². The summed E-state index contributed by atoms with van der Waals surface area (Å²) in [6.45, 7) is 11.2. The second kappa shape index (κ2) is 6.64. The minimum Gasteiger partial charge on any atom is -0.315 e. The molecule has 0 bridgehead atoms. The highest BCUT2D eigenvalue weighted by Crippen LogP contribution is 2.21. The lowest BCUT2D eigenvalue weighted by atomic mass is 10.2. The first-order valence-electron chi connectivity index (χ1n) is 7.09. The smallest absolute Gasteiger partial charge is 0.0954 e. The number of rotatable bonds is 6. The van der Waals surface area contributed by atoms with Gasteiger partial charge in [-0.25, -0.2) is 4.98 Å². The van der Waals surface area contributed by atoms with Gasteiger partial charge in [0.05, 0.1) is 10.7 Å². The molecule has 1 saturated heterocycles. The first-order chi connectivity index (χ1) is 8.70. The molecule has 1 N–H and O–H groups in total. The van der Waals surface area contributed by atoms with Crippen LogP contribution < -0.4 is 5.32 Å². The van der Waals surface area contributed by atoms with E-state index in [1.807, 2.05) is 0 Å². The summed E-state index contributed by atoms with van der Waals surface area (Å²) < 4.78 is 0. The van der Waals surface area contributed by atoms with Crippen molar-refractivity contribution >= 4 is 11.3 Å². The molecule has 102 valence electrons. The molecule has 2 heterocycles. The number of nitrogens with zero attached hydrogens (tertiary/aromatic N) is 2. The molecule has 1 aromatic rings. The summed E-state index contributed by atoms with van der Waals surface area (Å²) in [6.07, 6.45) is 2.50. The zero-order valence-corrected chi connectivity index (χ0v) is 12.6. The maximum atomic E-state index is 4.76. The Labute approximate surface area is 115 Å². The van der Waals surface area contributed by atoms with Crippen LogP contribution in [0.4, 0.5) is 0 Å². The van der Waals surface area contributed by atoms with Gasteiger partial charge in [0.15, 0.2) is 0 Å². The summed E-state index contributed by atoms with van der Waals surface area (Å²) in [5.41, 5.74) is 1.25. The topological polar surface area (TPSA) is 28.2 Å². The molecule has 1 fully saturated rings. The fraction of sp³-hybridized carbons (Fsp3) is 0.786. The molecule has 0 aromatic carbocycles. The van der Waals surface area contributed by atoms with E-state index in [-0.39, 0.29) is 0 Å². The molecule has 1 unspecified atom stereocenters. The molecular weight excluding hydrogens is 242 g/mol. The van der Waals surface area contributed by atoms with E-state index < -0.39 is 0 Å². The molecule has 1 aliphatic heterocycles. The van der Waals surface area contributed by atoms with Crippen molar-refractivity contribution in [2.75, 3.05) is 19.6 Å². The van der Waals surface area contributed by atoms with Gasteiger partial charge in [-0.05, 0) is 25.9 Å². The molecule has 0 radical (unpaired) electrons. The molecule has 0 aliphatic carbocycles. The molecule has 0 amide bonds. The van der Waals surface area contributed by atoms with Gasteiger partial charge in [0.1, 0.15) is 0 Å². The van der Waals surface area contributed by atoms with Gasteiger partial charge in [-0.2, -0.15) is 0 Å². The maximum absolute atomic E-state index is 4.76. The predicted molar refractivity (Wildman–Crippen MR) is 78.2 cm³/mol. The summed E-state index contributed by atoms with van der Waals surface area (Å²) in [5, 5.41) is 6.97. The van der Waals surface area contributed by atoms with Gasteiger partial charge in [0.2, 0.25) is 0 Å². The number of thiazole rings is 1. The Kier molecular flexibility index (Phi) is 5.15. The van der Waals surface area contributed by atoms with Crippen LogP contribution in [0.15, 0.2) is 5.38 Å². The van der Waals surface area contributed by atoms with E-state index in [1.165, 1.54) is 36.6 Å². The molecule has 1 aromatic heterocycles. The fourth-order valence-corrected chi connectivity index (χ4v) is 3.32.